The highest BCUT2D eigenvalue weighted by Crippen LogP contribution is 2.54. The molecule has 0 bridgehead atoms. The van der Waals surface area contributed by atoms with E-state index in [0.717, 1.165) is 32.6 Å². The maximum atomic E-state index is 13.3. The van der Waals surface area contributed by atoms with Gasteiger partial charge in [-0.2, -0.15) is 5.10 Å². The van der Waals surface area contributed by atoms with Crippen molar-refractivity contribution in [2.75, 3.05) is 5.32 Å². The highest BCUT2D eigenvalue weighted by Gasteiger charge is 2.60. The minimum Gasteiger partial charge on any atom is -0.453 e. The van der Waals surface area contributed by atoms with Crippen molar-refractivity contribution in [3.8, 4) is 5.75 Å². The summed E-state index contributed by atoms with van der Waals surface area (Å²) >= 11 is 3.57. The second-order valence-corrected chi connectivity index (χ2v) is 8.32. The second-order valence-electron chi connectivity index (χ2n) is 7.41. The summed E-state index contributed by atoms with van der Waals surface area (Å²) in [6.45, 7) is 0. The van der Waals surface area contributed by atoms with Crippen LogP contribution in [0.15, 0.2) is 82.4 Å². The molecule has 3 aliphatic rings. The van der Waals surface area contributed by atoms with Gasteiger partial charge in [0, 0.05) is 16.5 Å². The van der Waals surface area contributed by atoms with Crippen molar-refractivity contribution >= 4 is 33.2 Å². The predicted octanol–water partition coefficient (Wildman–Crippen LogP) is 4.80. The summed E-state index contributed by atoms with van der Waals surface area (Å²) in [5.74, 6) is 0.501. The van der Waals surface area contributed by atoms with Crippen LogP contribution in [0.1, 0.15) is 29.2 Å². The number of hydrogen-bond donors (Lipinski definition) is 1. The fraction of sp³-hybridized carbons (Fsp3) is 0.130. The topological polar surface area (TPSA) is 53.9 Å². The van der Waals surface area contributed by atoms with E-state index in [1.165, 1.54) is 0 Å². The first-order valence-electron chi connectivity index (χ1n) is 9.48. The Morgan fingerprint density at radius 3 is 2.72 bits per heavy atom. The van der Waals surface area contributed by atoms with E-state index in [1.54, 1.807) is 0 Å². The number of hydrazone groups is 1. The Morgan fingerprint density at radius 2 is 1.86 bits per heavy atom. The molecule has 0 fully saturated rings. The summed E-state index contributed by atoms with van der Waals surface area (Å²) in [6.07, 6.45) is 0.702. The maximum absolute atomic E-state index is 13.3. The molecular weight excluding hydrogens is 430 g/mol. The second kappa shape index (κ2) is 5.94. The lowest BCUT2D eigenvalue weighted by Crippen LogP contribution is -2.55. The molecule has 6 rings (SSSR count). The van der Waals surface area contributed by atoms with Crippen molar-refractivity contribution < 1.29 is 9.53 Å². The molecule has 2 atom stereocenters. The minimum absolute atomic E-state index is 0.0941. The van der Waals surface area contributed by atoms with E-state index in [0.29, 0.717) is 12.2 Å². The van der Waals surface area contributed by atoms with E-state index in [4.69, 9.17) is 9.84 Å². The SMILES string of the molecule is O=C1Nc2ccccc2[C@@]12Oc1ccc(Br)cc1[C@@H]1CC(c3ccccc3)=NN12. The number of hydrogen-bond acceptors (Lipinski definition) is 4. The van der Waals surface area contributed by atoms with E-state index in [9.17, 15) is 4.79 Å². The fourth-order valence-electron chi connectivity index (χ4n) is 4.47. The van der Waals surface area contributed by atoms with Crippen molar-refractivity contribution in [2.45, 2.75) is 18.2 Å². The average molecular weight is 446 g/mol. The number of amides is 1. The number of halogens is 1. The number of carbonyl (C=O) groups excluding carboxylic acids is 1. The Kier molecular flexibility index (Phi) is 3.44. The van der Waals surface area contributed by atoms with Crippen LogP contribution < -0.4 is 10.1 Å². The molecule has 6 heteroatoms. The van der Waals surface area contributed by atoms with Gasteiger partial charge in [0.1, 0.15) is 5.75 Å². The molecule has 5 nitrogen and oxygen atoms in total. The predicted molar refractivity (Wildman–Crippen MR) is 114 cm³/mol. The molecule has 142 valence electrons. The quantitative estimate of drug-likeness (QED) is 0.585. The lowest BCUT2D eigenvalue weighted by Gasteiger charge is -2.44. The zero-order valence-corrected chi connectivity index (χ0v) is 16.9. The van der Waals surface area contributed by atoms with Crippen LogP contribution in [0.2, 0.25) is 0 Å². The third-order valence-electron chi connectivity index (χ3n) is 5.78. The normalized spacial score (nSPS) is 23.8. The van der Waals surface area contributed by atoms with Crippen LogP contribution in [0, 0.1) is 0 Å². The summed E-state index contributed by atoms with van der Waals surface area (Å²) < 4.78 is 7.43. The van der Waals surface area contributed by atoms with E-state index in [2.05, 4.69) is 39.4 Å². The molecule has 0 aromatic heterocycles. The monoisotopic (exact) mass is 445 g/mol. The molecular formula is C23H16BrN3O2. The number of anilines is 1. The fourth-order valence-corrected chi connectivity index (χ4v) is 4.85. The summed E-state index contributed by atoms with van der Waals surface area (Å²) in [4.78, 5) is 13.3. The Balaban J connectivity index is 1.59. The molecule has 3 heterocycles. The molecule has 3 aromatic rings. The van der Waals surface area contributed by atoms with Gasteiger partial charge in [-0.3, -0.25) is 4.79 Å². The van der Waals surface area contributed by atoms with Gasteiger partial charge in [0.2, 0.25) is 0 Å². The van der Waals surface area contributed by atoms with Gasteiger partial charge < -0.3 is 10.1 Å². The summed E-state index contributed by atoms with van der Waals surface area (Å²) in [5.41, 5.74) is 3.28. The first-order chi connectivity index (χ1) is 14.2. The highest BCUT2D eigenvalue weighted by atomic mass is 79.9. The summed E-state index contributed by atoms with van der Waals surface area (Å²) in [7, 11) is 0. The minimum atomic E-state index is -1.31. The van der Waals surface area contributed by atoms with Crippen LogP contribution >= 0.6 is 15.9 Å². The molecule has 29 heavy (non-hydrogen) atoms. The molecule has 0 saturated heterocycles. The lowest BCUT2D eigenvalue weighted by atomic mass is 9.92. The van der Waals surface area contributed by atoms with Crippen LogP contribution in [0.3, 0.4) is 0 Å². The van der Waals surface area contributed by atoms with Crippen molar-refractivity contribution in [1.82, 2.24) is 5.01 Å². The number of carbonyl (C=O) groups is 1. The number of para-hydroxylation sites is 1. The maximum Gasteiger partial charge on any atom is 0.306 e. The number of ether oxygens (including phenoxy) is 1. The van der Waals surface area contributed by atoms with Gasteiger partial charge in [-0.15, -0.1) is 0 Å². The van der Waals surface area contributed by atoms with Crippen LogP contribution in [0.25, 0.3) is 0 Å². The number of rotatable bonds is 1. The Hall–Kier alpha value is -3.12. The van der Waals surface area contributed by atoms with Crippen molar-refractivity contribution in [3.05, 3.63) is 94.0 Å². The molecule has 3 aromatic carbocycles. The number of nitrogens with zero attached hydrogens (tertiary/aromatic N) is 2. The lowest BCUT2D eigenvalue weighted by molar-refractivity contribution is -0.161. The molecule has 1 spiro atoms. The van der Waals surface area contributed by atoms with Gasteiger partial charge in [-0.05, 0) is 29.8 Å². The highest BCUT2D eigenvalue weighted by molar-refractivity contribution is 9.10. The van der Waals surface area contributed by atoms with Crippen molar-refractivity contribution in [3.63, 3.8) is 0 Å². The number of benzene rings is 3. The molecule has 3 aliphatic heterocycles. The first kappa shape index (κ1) is 16.8. The van der Waals surface area contributed by atoms with E-state index >= 15 is 0 Å². The van der Waals surface area contributed by atoms with Gasteiger partial charge in [0.15, 0.2) is 0 Å². The number of fused-ring (bicyclic) bond motifs is 6. The van der Waals surface area contributed by atoms with E-state index in [-0.39, 0.29) is 11.9 Å². The molecule has 0 aliphatic carbocycles. The largest absolute Gasteiger partial charge is 0.453 e. The standard InChI is InChI=1S/C23H16BrN3O2/c24-15-10-11-21-16(12-15)20-13-19(14-6-2-1-3-7-14)26-27(20)23(29-21)17-8-4-5-9-18(17)25-22(23)28/h1-12,20H,13H2,(H,25,28)/t20-,23+/m0/s1. The smallest absolute Gasteiger partial charge is 0.306 e. The van der Waals surface area contributed by atoms with Gasteiger partial charge in [-0.25, -0.2) is 5.01 Å². The first-order valence-corrected chi connectivity index (χ1v) is 10.3. The van der Waals surface area contributed by atoms with Crippen LogP contribution in [-0.4, -0.2) is 16.6 Å². The number of nitrogens with one attached hydrogen (secondary N) is 1. The zero-order chi connectivity index (χ0) is 19.6. The average Bonchev–Trinajstić information content (AvgIpc) is 3.31. The summed E-state index contributed by atoms with van der Waals surface area (Å²) in [6, 6.07) is 23.6. The molecule has 1 amide bonds. The van der Waals surface area contributed by atoms with E-state index < -0.39 is 5.72 Å². The third-order valence-corrected chi connectivity index (χ3v) is 6.27. The van der Waals surface area contributed by atoms with E-state index in [1.807, 2.05) is 59.6 Å². The Labute approximate surface area is 176 Å². The van der Waals surface area contributed by atoms with Crippen molar-refractivity contribution in [2.24, 2.45) is 5.10 Å². The molecule has 1 N–H and O–H groups in total. The molecule has 0 radical (unpaired) electrons. The van der Waals surface area contributed by atoms with Gasteiger partial charge in [-0.1, -0.05) is 64.5 Å². The van der Waals surface area contributed by atoms with Crippen LogP contribution in [0.4, 0.5) is 5.69 Å². The van der Waals surface area contributed by atoms with Crippen molar-refractivity contribution in [1.29, 1.82) is 0 Å². The van der Waals surface area contributed by atoms with Crippen LogP contribution in [-0.2, 0) is 10.5 Å². The van der Waals surface area contributed by atoms with Gasteiger partial charge >= 0.3 is 5.72 Å². The Morgan fingerprint density at radius 1 is 1.07 bits per heavy atom. The van der Waals surface area contributed by atoms with Gasteiger partial charge in [0.25, 0.3) is 5.91 Å². The zero-order valence-electron chi connectivity index (χ0n) is 15.3. The molecule has 0 unspecified atom stereocenters. The summed E-state index contributed by atoms with van der Waals surface area (Å²) in [5, 5.41) is 9.78. The van der Waals surface area contributed by atoms with Crippen LogP contribution in [0.5, 0.6) is 5.75 Å². The Bertz CT molecular complexity index is 1190. The third kappa shape index (κ3) is 2.26. The van der Waals surface area contributed by atoms with Gasteiger partial charge in [0.05, 0.1) is 23.0 Å². The molecule has 0 saturated carbocycles.